The molecule has 1 N–H and O–H groups in total. The van der Waals surface area contributed by atoms with Gasteiger partial charge < -0.3 is 15.0 Å². The lowest BCUT2D eigenvalue weighted by molar-refractivity contribution is -0.114. The molecular formula is C18H19BrN2O3. The monoisotopic (exact) mass is 390 g/mol. The third-order valence-electron chi connectivity index (χ3n) is 3.43. The molecule has 0 fully saturated rings. The lowest BCUT2D eigenvalue weighted by Crippen LogP contribution is -2.26. The molecule has 2 aromatic rings. The number of nitrogens with one attached hydrogen (secondary N) is 1. The van der Waals surface area contributed by atoms with Gasteiger partial charge in [-0.05, 0) is 36.4 Å². The predicted molar refractivity (Wildman–Crippen MR) is 97.2 cm³/mol. The molecule has 2 amide bonds. The largest absolute Gasteiger partial charge is 0.496 e. The molecule has 0 heterocycles. The molecule has 0 saturated heterocycles. The average Bonchev–Trinajstić information content (AvgIpc) is 2.54. The molecule has 0 unspecified atom stereocenters. The summed E-state index contributed by atoms with van der Waals surface area (Å²) in [4.78, 5) is 25.4. The van der Waals surface area contributed by atoms with Crippen molar-refractivity contribution in [2.75, 3.05) is 19.5 Å². The van der Waals surface area contributed by atoms with E-state index in [9.17, 15) is 9.59 Å². The van der Waals surface area contributed by atoms with Crippen molar-refractivity contribution in [1.82, 2.24) is 4.90 Å². The van der Waals surface area contributed by atoms with Gasteiger partial charge >= 0.3 is 0 Å². The van der Waals surface area contributed by atoms with Gasteiger partial charge in [0.05, 0.1) is 7.11 Å². The van der Waals surface area contributed by atoms with Crippen LogP contribution in [-0.4, -0.2) is 30.9 Å². The second-order valence-corrected chi connectivity index (χ2v) is 6.30. The maximum Gasteiger partial charge on any atom is 0.253 e. The second kappa shape index (κ2) is 7.97. The zero-order valence-electron chi connectivity index (χ0n) is 13.8. The molecule has 126 valence electrons. The van der Waals surface area contributed by atoms with E-state index in [4.69, 9.17) is 4.74 Å². The van der Waals surface area contributed by atoms with Gasteiger partial charge in [-0.15, -0.1) is 0 Å². The Morgan fingerprint density at radius 3 is 2.62 bits per heavy atom. The van der Waals surface area contributed by atoms with Crippen LogP contribution in [0.1, 0.15) is 22.8 Å². The van der Waals surface area contributed by atoms with Gasteiger partial charge in [0.15, 0.2) is 0 Å². The molecule has 0 aliphatic carbocycles. The van der Waals surface area contributed by atoms with Crippen LogP contribution in [0.15, 0.2) is 46.9 Å². The molecule has 6 heteroatoms. The number of halogens is 1. The quantitative estimate of drug-likeness (QED) is 0.846. The van der Waals surface area contributed by atoms with Crippen molar-refractivity contribution in [2.24, 2.45) is 0 Å². The third-order valence-corrected chi connectivity index (χ3v) is 3.92. The number of hydrogen-bond donors (Lipinski definition) is 1. The van der Waals surface area contributed by atoms with Crippen molar-refractivity contribution in [2.45, 2.75) is 13.5 Å². The van der Waals surface area contributed by atoms with E-state index in [1.54, 1.807) is 43.3 Å². The van der Waals surface area contributed by atoms with E-state index in [-0.39, 0.29) is 11.8 Å². The zero-order valence-corrected chi connectivity index (χ0v) is 15.4. The minimum absolute atomic E-state index is 0.135. The van der Waals surface area contributed by atoms with Crippen molar-refractivity contribution in [3.05, 3.63) is 58.1 Å². The fourth-order valence-corrected chi connectivity index (χ4v) is 2.76. The van der Waals surface area contributed by atoms with Crippen molar-refractivity contribution in [3.63, 3.8) is 0 Å². The third kappa shape index (κ3) is 4.58. The molecule has 0 spiro atoms. The summed E-state index contributed by atoms with van der Waals surface area (Å²) in [6.45, 7) is 1.84. The highest BCUT2D eigenvalue weighted by molar-refractivity contribution is 9.10. The number of benzene rings is 2. The van der Waals surface area contributed by atoms with Crippen LogP contribution in [0.3, 0.4) is 0 Å². The Kier molecular flexibility index (Phi) is 5.98. The molecule has 0 saturated carbocycles. The number of amides is 2. The number of anilines is 1. The van der Waals surface area contributed by atoms with Crippen LogP contribution in [0.4, 0.5) is 5.69 Å². The summed E-state index contributed by atoms with van der Waals surface area (Å²) >= 11 is 3.43. The van der Waals surface area contributed by atoms with Gasteiger partial charge in [0.1, 0.15) is 5.75 Å². The van der Waals surface area contributed by atoms with Crippen molar-refractivity contribution in [1.29, 1.82) is 0 Å². The van der Waals surface area contributed by atoms with Crippen LogP contribution in [0.5, 0.6) is 5.75 Å². The number of carbonyl (C=O) groups is 2. The first-order valence-electron chi connectivity index (χ1n) is 7.36. The minimum atomic E-state index is -0.174. The summed E-state index contributed by atoms with van der Waals surface area (Å²) in [5.74, 6) is 0.418. The Morgan fingerprint density at radius 2 is 1.96 bits per heavy atom. The predicted octanol–water partition coefficient (Wildman–Crippen LogP) is 3.69. The number of ether oxygens (including phenoxy) is 1. The van der Waals surface area contributed by atoms with Gasteiger partial charge in [-0.3, -0.25) is 9.59 Å². The van der Waals surface area contributed by atoms with E-state index in [1.165, 1.54) is 6.92 Å². The summed E-state index contributed by atoms with van der Waals surface area (Å²) in [5.41, 5.74) is 2.01. The maximum atomic E-state index is 12.6. The normalized spacial score (nSPS) is 10.2. The Labute approximate surface area is 149 Å². The fraction of sp³-hybridized carbons (Fsp3) is 0.222. The van der Waals surface area contributed by atoms with E-state index in [1.807, 2.05) is 18.2 Å². The molecule has 0 bridgehead atoms. The highest BCUT2D eigenvalue weighted by atomic mass is 79.9. The lowest BCUT2D eigenvalue weighted by atomic mass is 10.1. The Morgan fingerprint density at radius 1 is 1.21 bits per heavy atom. The van der Waals surface area contributed by atoms with Crippen molar-refractivity contribution in [3.8, 4) is 5.75 Å². The highest BCUT2D eigenvalue weighted by Crippen LogP contribution is 2.24. The molecule has 5 nitrogen and oxygen atoms in total. The maximum absolute atomic E-state index is 12.6. The molecular weight excluding hydrogens is 372 g/mol. The van der Waals surface area contributed by atoms with E-state index < -0.39 is 0 Å². The summed E-state index contributed by atoms with van der Waals surface area (Å²) in [6, 6.07) is 12.6. The van der Waals surface area contributed by atoms with E-state index in [2.05, 4.69) is 21.2 Å². The molecule has 2 rings (SSSR count). The summed E-state index contributed by atoms with van der Waals surface area (Å²) < 4.78 is 6.27. The molecule has 0 radical (unpaired) electrons. The van der Waals surface area contributed by atoms with Gasteiger partial charge in [-0.2, -0.15) is 0 Å². The number of hydrogen-bond acceptors (Lipinski definition) is 3. The molecule has 2 aromatic carbocycles. The molecule has 0 aliphatic heterocycles. The topological polar surface area (TPSA) is 58.6 Å². The summed E-state index contributed by atoms with van der Waals surface area (Å²) in [7, 11) is 3.33. The van der Waals surface area contributed by atoms with Gasteiger partial charge in [-0.1, -0.05) is 22.0 Å². The van der Waals surface area contributed by atoms with Crippen LogP contribution in [-0.2, 0) is 11.3 Å². The summed E-state index contributed by atoms with van der Waals surface area (Å²) in [6.07, 6.45) is 0. The van der Waals surface area contributed by atoms with Crippen molar-refractivity contribution < 1.29 is 14.3 Å². The van der Waals surface area contributed by atoms with Gasteiger partial charge in [0.2, 0.25) is 5.91 Å². The number of nitrogens with zero attached hydrogens (tertiary/aromatic N) is 1. The fourth-order valence-electron chi connectivity index (χ4n) is 2.35. The highest BCUT2D eigenvalue weighted by Gasteiger charge is 2.15. The first-order valence-corrected chi connectivity index (χ1v) is 8.15. The first-order chi connectivity index (χ1) is 11.4. The molecule has 0 atom stereocenters. The molecule has 0 aromatic heterocycles. The minimum Gasteiger partial charge on any atom is -0.496 e. The Hall–Kier alpha value is -2.34. The van der Waals surface area contributed by atoms with Gasteiger partial charge in [0, 0.05) is 41.8 Å². The van der Waals surface area contributed by atoms with Crippen LogP contribution in [0.25, 0.3) is 0 Å². The van der Waals surface area contributed by atoms with Crippen molar-refractivity contribution >= 4 is 33.4 Å². The van der Waals surface area contributed by atoms with Gasteiger partial charge in [0.25, 0.3) is 5.91 Å². The second-order valence-electron chi connectivity index (χ2n) is 5.38. The number of carbonyl (C=O) groups excluding carboxylic acids is 2. The molecule has 24 heavy (non-hydrogen) atoms. The number of methoxy groups -OCH3 is 1. The van der Waals surface area contributed by atoms with E-state index in [0.29, 0.717) is 17.8 Å². The van der Waals surface area contributed by atoms with Crippen LogP contribution >= 0.6 is 15.9 Å². The summed E-state index contributed by atoms with van der Waals surface area (Å²) in [5, 5.41) is 2.68. The Bertz CT molecular complexity index is 762. The Balaban J connectivity index is 2.18. The number of rotatable bonds is 5. The molecule has 0 aliphatic rings. The smallest absolute Gasteiger partial charge is 0.253 e. The SMILES string of the molecule is COc1ccc(Br)cc1CN(C)C(=O)c1cccc(NC(C)=O)c1. The first kappa shape index (κ1) is 18.0. The zero-order chi connectivity index (χ0) is 17.7. The average molecular weight is 391 g/mol. The lowest BCUT2D eigenvalue weighted by Gasteiger charge is -2.19. The van der Waals surface area contributed by atoms with Crippen LogP contribution in [0, 0.1) is 0 Å². The van der Waals surface area contributed by atoms with Crippen LogP contribution in [0.2, 0.25) is 0 Å². The standard InChI is InChI=1S/C18H19BrN2O3/c1-12(22)20-16-6-4-5-13(10-16)18(23)21(2)11-14-9-15(19)7-8-17(14)24-3/h4-10H,11H2,1-3H3,(H,20,22). The van der Waals surface area contributed by atoms with E-state index in [0.717, 1.165) is 15.8 Å². The van der Waals surface area contributed by atoms with Crippen LogP contribution < -0.4 is 10.1 Å². The van der Waals surface area contributed by atoms with E-state index >= 15 is 0 Å². The van der Waals surface area contributed by atoms with Gasteiger partial charge in [-0.25, -0.2) is 0 Å².